The molecule has 0 radical (unpaired) electrons. The highest BCUT2D eigenvalue weighted by Gasteiger charge is 2.35. The van der Waals surface area contributed by atoms with Crippen molar-refractivity contribution in [3.05, 3.63) is 18.1 Å². The molecule has 0 unspecified atom stereocenters. The molecule has 2 aliphatic rings. The van der Waals surface area contributed by atoms with E-state index in [0.29, 0.717) is 11.8 Å². The first-order valence-corrected chi connectivity index (χ1v) is 10.5. The molecule has 0 spiro atoms. The summed E-state index contributed by atoms with van der Waals surface area (Å²) in [4.78, 5) is 15.0. The fraction of sp³-hybridized carbons (Fsp3) is 0.632. The summed E-state index contributed by atoms with van der Waals surface area (Å²) in [6, 6.07) is 2.37. The molecule has 2 aromatic heterocycles. The van der Waals surface area contributed by atoms with Crippen LogP contribution in [0.2, 0.25) is 0 Å². The van der Waals surface area contributed by atoms with Crippen molar-refractivity contribution in [2.45, 2.75) is 56.6 Å². The van der Waals surface area contributed by atoms with Crippen LogP contribution in [-0.2, 0) is 11.8 Å². The molecule has 2 fully saturated rings. The molecule has 4 rings (SSSR count). The number of amides is 1. The van der Waals surface area contributed by atoms with Crippen LogP contribution in [0, 0.1) is 12.8 Å². The van der Waals surface area contributed by atoms with Gasteiger partial charge in [-0.1, -0.05) is 24.6 Å². The molecule has 1 aliphatic carbocycles. The van der Waals surface area contributed by atoms with E-state index in [4.69, 9.17) is 4.42 Å². The molecular weight excluding hydrogens is 348 g/mol. The first-order chi connectivity index (χ1) is 12.6. The second-order valence-electron chi connectivity index (χ2n) is 7.39. The van der Waals surface area contributed by atoms with Gasteiger partial charge in [-0.3, -0.25) is 4.79 Å². The number of aryl methyl sites for hydroxylation is 1. The van der Waals surface area contributed by atoms with Gasteiger partial charge in [0.15, 0.2) is 11.0 Å². The number of nitrogens with zero attached hydrogens (tertiary/aromatic N) is 4. The van der Waals surface area contributed by atoms with Gasteiger partial charge in [0, 0.05) is 19.6 Å². The van der Waals surface area contributed by atoms with E-state index in [1.54, 1.807) is 6.26 Å². The smallest absolute Gasteiger partial charge is 0.233 e. The Balaban J connectivity index is 1.42. The van der Waals surface area contributed by atoms with E-state index in [2.05, 4.69) is 15.1 Å². The number of aromatic nitrogens is 3. The highest BCUT2D eigenvalue weighted by molar-refractivity contribution is 7.99. The Labute approximate surface area is 158 Å². The first kappa shape index (κ1) is 17.6. The summed E-state index contributed by atoms with van der Waals surface area (Å²) in [7, 11) is 1.94. The quantitative estimate of drug-likeness (QED) is 0.764. The standard InChI is InChI=1S/C19H26N4O2S/c1-13-15(9-11-25-13)18-20-21-19(22(18)2)26-12-17(24)23-10-5-7-14-6-3-4-8-16(14)23/h9,11,14,16H,3-8,10,12H2,1-2H3/t14-,16+/m0/s1. The molecule has 2 aromatic rings. The van der Waals surface area contributed by atoms with Crippen LogP contribution in [0.1, 0.15) is 44.3 Å². The fourth-order valence-electron chi connectivity index (χ4n) is 4.44. The summed E-state index contributed by atoms with van der Waals surface area (Å²) in [5.74, 6) is 2.99. The number of fused-ring (bicyclic) bond motifs is 1. The SMILES string of the molecule is Cc1occc1-c1nnc(SCC(=O)N2CCC[C@@H]3CCCC[C@H]32)n1C. The summed E-state index contributed by atoms with van der Waals surface area (Å²) in [5, 5.41) is 9.33. The number of piperidine rings is 1. The third-order valence-electron chi connectivity index (χ3n) is 5.82. The van der Waals surface area contributed by atoms with Gasteiger partial charge in [-0.15, -0.1) is 10.2 Å². The Hall–Kier alpha value is -1.76. The number of hydrogen-bond acceptors (Lipinski definition) is 5. The summed E-state index contributed by atoms with van der Waals surface area (Å²) in [5.41, 5.74) is 0.944. The zero-order valence-corrected chi connectivity index (χ0v) is 16.3. The lowest BCUT2D eigenvalue weighted by Gasteiger charge is -2.44. The van der Waals surface area contributed by atoms with Gasteiger partial charge in [0.1, 0.15) is 5.76 Å². The van der Waals surface area contributed by atoms with E-state index in [0.717, 1.165) is 41.2 Å². The molecule has 26 heavy (non-hydrogen) atoms. The summed E-state index contributed by atoms with van der Waals surface area (Å²) in [6.45, 7) is 2.83. The van der Waals surface area contributed by atoms with Crippen molar-refractivity contribution < 1.29 is 9.21 Å². The third-order valence-corrected chi connectivity index (χ3v) is 6.83. The molecule has 0 aromatic carbocycles. The van der Waals surface area contributed by atoms with Crippen LogP contribution >= 0.6 is 11.8 Å². The maximum absolute atomic E-state index is 12.9. The zero-order valence-electron chi connectivity index (χ0n) is 15.5. The van der Waals surface area contributed by atoms with Crippen molar-refractivity contribution >= 4 is 17.7 Å². The Morgan fingerprint density at radius 1 is 1.27 bits per heavy atom. The van der Waals surface area contributed by atoms with E-state index in [9.17, 15) is 4.79 Å². The number of hydrogen-bond donors (Lipinski definition) is 0. The van der Waals surface area contributed by atoms with Crippen LogP contribution in [-0.4, -0.2) is 43.9 Å². The van der Waals surface area contributed by atoms with Crippen LogP contribution in [0.5, 0.6) is 0 Å². The van der Waals surface area contributed by atoms with Gasteiger partial charge >= 0.3 is 0 Å². The lowest BCUT2D eigenvalue weighted by Crippen LogP contribution is -2.50. The lowest BCUT2D eigenvalue weighted by molar-refractivity contribution is -0.134. The predicted molar refractivity (Wildman–Crippen MR) is 101 cm³/mol. The van der Waals surface area contributed by atoms with Gasteiger partial charge in [-0.05, 0) is 44.6 Å². The van der Waals surface area contributed by atoms with Gasteiger partial charge in [0.2, 0.25) is 5.91 Å². The lowest BCUT2D eigenvalue weighted by atomic mass is 9.78. The Kier molecular flexibility index (Phi) is 5.07. The molecule has 7 heteroatoms. The largest absolute Gasteiger partial charge is 0.469 e. The van der Waals surface area contributed by atoms with Crippen molar-refractivity contribution in [3.63, 3.8) is 0 Å². The minimum Gasteiger partial charge on any atom is -0.469 e. The molecule has 140 valence electrons. The molecular formula is C19H26N4O2S. The Morgan fingerprint density at radius 3 is 2.88 bits per heavy atom. The van der Waals surface area contributed by atoms with Gasteiger partial charge in [-0.25, -0.2) is 0 Å². The van der Waals surface area contributed by atoms with Crippen LogP contribution in [0.25, 0.3) is 11.4 Å². The highest BCUT2D eigenvalue weighted by atomic mass is 32.2. The van der Waals surface area contributed by atoms with Crippen molar-refractivity contribution in [3.8, 4) is 11.4 Å². The van der Waals surface area contributed by atoms with E-state index >= 15 is 0 Å². The van der Waals surface area contributed by atoms with Gasteiger partial charge in [0.05, 0.1) is 17.6 Å². The number of carbonyl (C=O) groups is 1. The molecule has 2 atom stereocenters. The van der Waals surface area contributed by atoms with E-state index < -0.39 is 0 Å². The van der Waals surface area contributed by atoms with Crippen molar-refractivity contribution in [2.75, 3.05) is 12.3 Å². The average Bonchev–Trinajstić information content (AvgIpc) is 3.24. The van der Waals surface area contributed by atoms with E-state index in [-0.39, 0.29) is 5.91 Å². The minimum atomic E-state index is 0.246. The summed E-state index contributed by atoms with van der Waals surface area (Å²) in [6.07, 6.45) is 9.14. The van der Waals surface area contributed by atoms with Crippen LogP contribution in [0.3, 0.4) is 0 Å². The van der Waals surface area contributed by atoms with E-state index in [1.807, 2.05) is 24.6 Å². The molecule has 6 nitrogen and oxygen atoms in total. The molecule has 0 N–H and O–H groups in total. The molecule has 1 saturated carbocycles. The third kappa shape index (κ3) is 3.29. The van der Waals surface area contributed by atoms with Crippen LogP contribution in [0.15, 0.2) is 21.9 Å². The molecule has 0 bridgehead atoms. The summed E-state index contributed by atoms with van der Waals surface area (Å²) < 4.78 is 7.30. The van der Waals surface area contributed by atoms with Crippen LogP contribution in [0.4, 0.5) is 0 Å². The Bertz CT molecular complexity index is 782. The Morgan fingerprint density at radius 2 is 2.08 bits per heavy atom. The van der Waals surface area contributed by atoms with Crippen LogP contribution < -0.4 is 0 Å². The maximum atomic E-state index is 12.9. The highest BCUT2D eigenvalue weighted by Crippen LogP contribution is 2.35. The summed E-state index contributed by atoms with van der Waals surface area (Å²) >= 11 is 1.48. The number of carbonyl (C=O) groups excluding carboxylic acids is 1. The number of likely N-dealkylation sites (tertiary alicyclic amines) is 1. The molecule has 1 saturated heterocycles. The number of thioether (sulfide) groups is 1. The topological polar surface area (TPSA) is 64.2 Å². The van der Waals surface area contributed by atoms with Gasteiger partial charge in [-0.2, -0.15) is 0 Å². The zero-order chi connectivity index (χ0) is 18.1. The normalized spacial score (nSPS) is 23.1. The second kappa shape index (κ2) is 7.47. The first-order valence-electron chi connectivity index (χ1n) is 9.51. The predicted octanol–water partition coefficient (Wildman–Crippen LogP) is 3.66. The van der Waals surface area contributed by atoms with Crippen molar-refractivity contribution in [1.82, 2.24) is 19.7 Å². The molecule has 3 heterocycles. The minimum absolute atomic E-state index is 0.246. The maximum Gasteiger partial charge on any atom is 0.233 e. The van der Waals surface area contributed by atoms with Gasteiger partial charge < -0.3 is 13.9 Å². The van der Waals surface area contributed by atoms with E-state index in [1.165, 1.54) is 43.9 Å². The second-order valence-corrected chi connectivity index (χ2v) is 8.33. The average molecular weight is 375 g/mol. The fourth-order valence-corrected chi connectivity index (χ4v) is 5.23. The van der Waals surface area contributed by atoms with Crippen molar-refractivity contribution in [1.29, 1.82) is 0 Å². The van der Waals surface area contributed by atoms with Crippen molar-refractivity contribution in [2.24, 2.45) is 13.0 Å². The number of furan rings is 1. The molecule has 1 amide bonds. The van der Waals surface area contributed by atoms with Gasteiger partial charge in [0.25, 0.3) is 0 Å². The molecule has 1 aliphatic heterocycles. The number of rotatable bonds is 4. The monoisotopic (exact) mass is 374 g/mol.